The highest BCUT2D eigenvalue weighted by molar-refractivity contribution is 7.80. The maximum absolute atomic E-state index is 11.5. The lowest BCUT2D eigenvalue weighted by atomic mass is 10.0. The summed E-state index contributed by atoms with van der Waals surface area (Å²) in [6.45, 7) is 1.85. The summed E-state index contributed by atoms with van der Waals surface area (Å²) in [5.41, 5.74) is 2.06. The molecule has 0 amide bonds. The summed E-state index contributed by atoms with van der Waals surface area (Å²) >= 11 is 11.1. The number of aliphatic hydroxyl groups is 1. The van der Waals surface area contributed by atoms with Gasteiger partial charge in [-0.05, 0) is 48.5 Å². The van der Waals surface area contributed by atoms with Crippen molar-refractivity contribution < 1.29 is 15.0 Å². The van der Waals surface area contributed by atoms with Crippen LogP contribution in [0.1, 0.15) is 17.2 Å². The average molecular weight is 365 g/mol. The first-order valence-corrected chi connectivity index (χ1v) is 7.96. The second-order valence-electron chi connectivity index (χ2n) is 5.23. The number of rotatable bonds is 5. The van der Waals surface area contributed by atoms with Crippen LogP contribution in [-0.4, -0.2) is 27.3 Å². The maximum Gasteiger partial charge on any atom is 0.329 e. The van der Waals surface area contributed by atoms with Crippen LogP contribution in [0, 0.1) is 6.92 Å². The molecule has 24 heavy (non-hydrogen) atoms. The molecular weight excluding hydrogens is 348 g/mol. The molecule has 0 bridgehead atoms. The molecule has 4 N–H and O–H groups in total. The summed E-state index contributed by atoms with van der Waals surface area (Å²) in [7, 11) is 0. The molecular formula is C17H17ClN2O3S. The summed E-state index contributed by atoms with van der Waals surface area (Å²) < 4.78 is 0. The Bertz CT molecular complexity index is 740. The zero-order valence-electron chi connectivity index (χ0n) is 12.9. The third kappa shape index (κ3) is 4.67. The largest absolute Gasteiger partial charge is 0.480 e. The lowest BCUT2D eigenvalue weighted by molar-refractivity contribution is -0.142. The molecule has 0 aliphatic carbocycles. The Morgan fingerprint density at radius 2 is 1.88 bits per heavy atom. The number of carboxylic acids is 1. The van der Waals surface area contributed by atoms with Gasteiger partial charge in [0.1, 0.15) is 6.10 Å². The van der Waals surface area contributed by atoms with Crippen molar-refractivity contribution in [2.45, 2.75) is 19.1 Å². The molecule has 0 fully saturated rings. The van der Waals surface area contributed by atoms with E-state index in [-0.39, 0.29) is 5.11 Å². The highest BCUT2D eigenvalue weighted by Gasteiger charge is 2.28. The van der Waals surface area contributed by atoms with E-state index in [4.69, 9.17) is 23.8 Å². The predicted octanol–water partition coefficient (Wildman–Crippen LogP) is 3.12. The molecule has 2 unspecified atom stereocenters. The zero-order chi connectivity index (χ0) is 17.7. The van der Waals surface area contributed by atoms with Gasteiger partial charge in [-0.2, -0.15) is 0 Å². The van der Waals surface area contributed by atoms with Gasteiger partial charge in [-0.1, -0.05) is 41.9 Å². The first kappa shape index (κ1) is 18.2. The molecule has 0 heterocycles. The summed E-state index contributed by atoms with van der Waals surface area (Å²) in [6, 6.07) is 12.5. The number of carbonyl (C=O) groups is 1. The van der Waals surface area contributed by atoms with Crippen LogP contribution >= 0.6 is 23.8 Å². The van der Waals surface area contributed by atoms with E-state index in [0.29, 0.717) is 16.3 Å². The summed E-state index contributed by atoms with van der Waals surface area (Å²) in [4.78, 5) is 11.5. The van der Waals surface area contributed by atoms with Gasteiger partial charge in [-0.25, -0.2) is 4.79 Å². The third-order valence-corrected chi connectivity index (χ3v) is 3.90. The second-order valence-corrected chi connectivity index (χ2v) is 6.07. The van der Waals surface area contributed by atoms with Crippen LogP contribution in [0.5, 0.6) is 0 Å². The van der Waals surface area contributed by atoms with E-state index in [1.165, 1.54) is 0 Å². The Morgan fingerprint density at radius 1 is 1.21 bits per heavy atom. The number of nitrogens with one attached hydrogen (secondary N) is 2. The van der Waals surface area contributed by atoms with E-state index < -0.39 is 18.1 Å². The van der Waals surface area contributed by atoms with Crippen molar-refractivity contribution in [3.8, 4) is 0 Å². The first-order valence-electron chi connectivity index (χ1n) is 7.18. The minimum atomic E-state index is -1.28. The number of aryl methyl sites for hydroxylation is 1. The van der Waals surface area contributed by atoms with E-state index in [9.17, 15) is 15.0 Å². The number of aliphatic hydroxyl groups excluding tert-OH is 1. The Kier molecular flexibility index (Phi) is 6.14. The van der Waals surface area contributed by atoms with Crippen LogP contribution in [0.4, 0.5) is 5.69 Å². The van der Waals surface area contributed by atoms with Gasteiger partial charge in [0.2, 0.25) is 0 Å². The van der Waals surface area contributed by atoms with Gasteiger partial charge in [0, 0.05) is 10.7 Å². The van der Waals surface area contributed by atoms with Gasteiger partial charge >= 0.3 is 5.97 Å². The van der Waals surface area contributed by atoms with Crippen LogP contribution in [0.3, 0.4) is 0 Å². The van der Waals surface area contributed by atoms with Crippen LogP contribution < -0.4 is 10.6 Å². The summed E-state index contributed by atoms with van der Waals surface area (Å²) in [6.07, 6.45) is -1.24. The first-order chi connectivity index (χ1) is 11.4. The van der Waals surface area contributed by atoms with Crippen molar-refractivity contribution in [2.75, 3.05) is 5.32 Å². The number of carboxylic acid groups (broad SMARTS) is 1. The van der Waals surface area contributed by atoms with E-state index in [0.717, 1.165) is 5.56 Å². The molecule has 0 aromatic heterocycles. The smallest absolute Gasteiger partial charge is 0.329 e. The van der Waals surface area contributed by atoms with Crippen molar-refractivity contribution in [3.05, 3.63) is 64.7 Å². The molecule has 7 heteroatoms. The Morgan fingerprint density at radius 3 is 2.46 bits per heavy atom. The van der Waals surface area contributed by atoms with E-state index in [1.807, 2.05) is 6.92 Å². The molecule has 0 saturated carbocycles. The van der Waals surface area contributed by atoms with Gasteiger partial charge < -0.3 is 20.8 Å². The normalized spacial score (nSPS) is 13.0. The fraction of sp³-hybridized carbons (Fsp3) is 0.176. The van der Waals surface area contributed by atoms with Gasteiger partial charge in [-0.15, -0.1) is 0 Å². The number of anilines is 1. The van der Waals surface area contributed by atoms with E-state index in [2.05, 4.69) is 10.6 Å². The average Bonchev–Trinajstić information content (AvgIpc) is 2.55. The van der Waals surface area contributed by atoms with Gasteiger partial charge in [0.15, 0.2) is 11.2 Å². The van der Waals surface area contributed by atoms with E-state index >= 15 is 0 Å². The van der Waals surface area contributed by atoms with Crippen molar-refractivity contribution in [1.29, 1.82) is 0 Å². The molecule has 0 aliphatic rings. The van der Waals surface area contributed by atoms with Gasteiger partial charge in [0.25, 0.3) is 0 Å². The second kappa shape index (κ2) is 8.10. The predicted molar refractivity (Wildman–Crippen MR) is 98.4 cm³/mol. The molecule has 0 saturated heterocycles. The lowest BCUT2D eigenvalue weighted by Gasteiger charge is -2.23. The number of hydrogen-bond acceptors (Lipinski definition) is 3. The third-order valence-electron chi connectivity index (χ3n) is 3.45. The minimum Gasteiger partial charge on any atom is -0.480 e. The molecule has 0 radical (unpaired) electrons. The van der Waals surface area contributed by atoms with Crippen molar-refractivity contribution >= 4 is 40.6 Å². The molecule has 2 atom stereocenters. The van der Waals surface area contributed by atoms with Crippen LogP contribution in [-0.2, 0) is 4.79 Å². The minimum absolute atomic E-state index is 0.0998. The fourth-order valence-electron chi connectivity index (χ4n) is 2.19. The van der Waals surface area contributed by atoms with Crippen molar-refractivity contribution in [2.24, 2.45) is 0 Å². The Labute approximate surface area is 150 Å². The molecule has 2 aromatic rings. The number of hydrogen-bond donors (Lipinski definition) is 4. The highest BCUT2D eigenvalue weighted by atomic mass is 35.5. The van der Waals surface area contributed by atoms with Crippen molar-refractivity contribution in [1.82, 2.24) is 5.32 Å². The number of aliphatic carboxylic acids is 1. The highest BCUT2D eigenvalue weighted by Crippen LogP contribution is 2.20. The quantitative estimate of drug-likeness (QED) is 0.610. The zero-order valence-corrected chi connectivity index (χ0v) is 14.4. The van der Waals surface area contributed by atoms with Gasteiger partial charge in [0.05, 0.1) is 0 Å². The summed E-state index contributed by atoms with van der Waals surface area (Å²) in [5, 5.41) is 25.9. The molecule has 2 aromatic carbocycles. The van der Waals surface area contributed by atoms with Crippen LogP contribution in [0.2, 0.25) is 5.02 Å². The number of halogens is 1. The molecule has 2 rings (SSSR count). The summed E-state index contributed by atoms with van der Waals surface area (Å²) in [5.74, 6) is -1.21. The Hall–Kier alpha value is -2.15. The SMILES string of the molecule is Cc1cc(Cl)ccc1NC(=S)NC(C(=O)O)C(O)c1ccccc1. The molecule has 126 valence electrons. The molecule has 5 nitrogen and oxygen atoms in total. The fourth-order valence-corrected chi connectivity index (χ4v) is 2.65. The Balaban J connectivity index is 2.10. The number of benzene rings is 2. The molecule has 0 spiro atoms. The van der Waals surface area contributed by atoms with Crippen LogP contribution in [0.25, 0.3) is 0 Å². The standard InChI is InChI=1S/C17H17ClN2O3S/c1-10-9-12(18)7-8-13(10)19-17(24)20-14(16(22)23)15(21)11-5-3-2-4-6-11/h2-9,14-15,21H,1H3,(H,22,23)(H2,19,20,24). The lowest BCUT2D eigenvalue weighted by Crippen LogP contribution is -2.46. The monoisotopic (exact) mass is 364 g/mol. The van der Waals surface area contributed by atoms with E-state index in [1.54, 1.807) is 48.5 Å². The van der Waals surface area contributed by atoms with Gasteiger partial charge in [-0.3, -0.25) is 0 Å². The number of thiocarbonyl (C=S) groups is 1. The molecule has 0 aliphatic heterocycles. The van der Waals surface area contributed by atoms with Crippen LogP contribution in [0.15, 0.2) is 48.5 Å². The van der Waals surface area contributed by atoms with Crippen molar-refractivity contribution in [3.63, 3.8) is 0 Å². The topological polar surface area (TPSA) is 81.6 Å². The maximum atomic E-state index is 11.5.